The van der Waals surface area contributed by atoms with Crippen molar-refractivity contribution >= 4 is 5.91 Å². The van der Waals surface area contributed by atoms with Gasteiger partial charge in [-0.25, -0.2) is 0 Å². The highest BCUT2D eigenvalue weighted by Crippen LogP contribution is 2.42. The third-order valence-corrected chi connectivity index (χ3v) is 6.46. The van der Waals surface area contributed by atoms with Gasteiger partial charge in [-0.3, -0.25) is 9.69 Å². The van der Waals surface area contributed by atoms with Crippen molar-refractivity contribution in [3.05, 3.63) is 29.8 Å². The number of piperidine rings is 1. The van der Waals surface area contributed by atoms with Crippen LogP contribution in [0.3, 0.4) is 0 Å². The summed E-state index contributed by atoms with van der Waals surface area (Å²) in [5.74, 6) is 0.391. The van der Waals surface area contributed by atoms with E-state index in [0.29, 0.717) is 6.42 Å². The number of amides is 1. The van der Waals surface area contributed by atoms with Gasteiger partial charge in [0.1, 0.15) is 5.75 Å². The molecule has 6 heteroatoms. The molecule has 1 aromatic carbocycles. The van der Waals surface area contributed by atoms with Crippen molar-refractivity contribution in [2.45, 2.75) is 44.3 Å². The number of carbonyl (C=O) groups is 1. The Morgan fingerprint density at radius 1 is 1.19 bits per heavy atom. The van der Waals surface area contributed by atoms with Crippen LogP contribution in [0.1, 0.15) is 31.2 Å². The van der Waals surface area contributed by atoms with E-state index in [4.69, 9.17) is 4.74 Å². The van der Waals surface area contributed by atoms with Crippen LogP contribution < -0.4 is 0 Å². The topological polar surface area (TPSA) is 73.2 Å². The molecule has 2 unspecified atom stereocenters. The summed E-state index contributed by atoms with van der Waals surface area (Å²) < 4.78 is 6.10. The molecule has 0 saturated carbocycles. The van der Waals surface area contributed by atoms with Gasteiger partial charge in [-0.05, 0) is 48.8 Å². The largest absolute Gasteiger partial charge is 0.508 e. The summed E-state index contributed by atoms with van der Waals surface area (Å²) in [5, 5.41) is 19.0. The normalized spacial score (nSPS) is 28.1. The molecular formula is C21H30N2O4. The summed E-state index contributed by atoms with van der Waals surface area (Å²) >= 11 is 0. The highest BCUT2D eigenvalue weighted by Gasteiger charge is 2.43. The Balaban J connectivity index is 1.25. The minimum absolute atomic E-state index is 0.164. The molecule has 0 radical (unpaired) electrons. The van der Waals surface area contributed by atoms with E-state index < -0.39 is 0 Å². The van der Waals surface area contributed by atoms with Crippen molar-refractivity contribution in [1.29, 1.82) is 0 Å². The van der Waals surface area contributed by atoms with Gasteiger partial charge in [0, 0.05) is 32.7 Å². The highest BCUT2D eigenvalue weighted by molar-refractivity contribution is 5.78. The van der Waals surface area contributed by atoms with Crippen LogP contribution in [0.4, 0.5) is 0 Å². The molecule has 3 aliphatic heterocycles. The van der Waals surface area contributed by atoms with E-state index in [1.54, 1.807) is 12.1 Å². The van der Waals surface area contributed by atoms with Gasteiger partial charge in [-0.1, -0.05) is 12.1 Å². The zero-order valence-electron chi connectivity index (χ0n) is 15.8. The zero-order chi connectivity index (χ0) is 18.9. The lowest BCUT2D eigenvalue weighted by molar-refractivity contribution is -0.132. The predicted molar refractivity (Wildman–Crippen MR) is 101 cm³/mol. The Labute approximate surface area is 160 Å². The third kappa shape index (κ3) is 4.45. The number of aromatic hydroxyl groups is 1. The van der Waals surface area contributed by atoms with Gasteiger partial charge < -0.3 is 19.8 Å². The number of β-amino-alcohol motifs (C(OH)–C–C–N with tert-alkyl or cyclic N) is 1. The van der Waals surface area contributed by atoms with Crippen LogP contribution >= 0.6 is 0 Å². The molecular weight excluding hydrogens is 344 g/mol. The van der Waals surface area contributed by atoms with E-state index >= 15 is 0 Å². The molecule has 2 atom stereocenters. The Hall–Kier alpha value is -1.63. The van der Waals surface area contributed by atoms with Crippen molar-refractivity contribution < 1.29 is 19.7 Å². The number of likely N-dealkylation sites (tertiary alicyclic amines) is 2. The highest BCUT2D eigenvalue weighted by atomic mass is 16.5. The molecule has 3 saturated heterocycles. The first-order valence-corrected chi connectivity index (χ1v) is 10.1. The van der Waals surface area contributed by atoms with Crippen LogP contribution in [-0.4, -0.2) is 77.5 Å². The SMILES string of the molecule is O=C(Cc1ccc(O)cc1)N1CCC2(CC1)COC(CN1CCC(O)C1)C2. The Bertz CT molecular complexity index is 655. The monoisotopic (exact) mass is 374 g/mol. The van der Waals surface area contributed by atoms with E-state index in [-0.39, 0.29) is 29.3 Å². The van der Waals surface area contributed by atoms with E-state index in [1.807, 2.05) is 17.0 Å². The van der Waals surface area contributed by atoms with Gasteiger partial charge in [0.25, 0.3) is 0 Å². The molecule has 1 spiro atoms. The smallest absolute Gasteiger partial charge is 0.226 e. The van der Waals surface area contributed by atoms with Gasteiger partial charge in [0.2, 0.25) is 5.91 Å². The number of hydrogen-bond donors (Lipinski definition) is 2. The van der Waals surface area contributed by atoms with E-state index in [1.165, 1.54) is 0 Å². The average Bonchev–Trinajstić information content (AvgIpc) is 3.24. The van der Waals surface area contributed by atoms with E-state index in [2.05, 4.69) is 4.90 Å². The Kier molecular flexibility index (Phi) is 5.39. The van der Waals surface area contributed by atoms with Crippen molar-refractivity contribution in [1.82, 2.24) is 9.80 Å². The summed E-state index contributed by atoms with van der Waals surface area (Å²) in [6.45, 7) is 5.06. The first-order chi connectivity index (χ1) is 13.0. The maximum atomic E-state index is 12.6. The number of hydrogen-bond acceptors (Lipinski definition) is 5. The molecule has 0 aliphatic carbocycles. The second-order valence-electron chi connectivity index (χ2n) is 8.56. The molecule has 27 heavy (non-hydrogen) atoms. The molecule has 0 bridgehead atoms. The van der Waals surface area contributed by atoms with Gasteiger partial charge in [-0.15, -0.1) is 0 Å². The zero-order valence-corrected chi connectivity index (χ0v) is 15.8. The number of rotatable bonds is 4. The summed E-state index contributed by atoms with van der Waals surface area (Å²) in [4.78, 5) is 16.9. The van der Waals surface area contributed by atoms with Crippen LogP contribution in [0.5, 0.6) is 5.75 Å². The Morgan fingerprint density at radius 2 is 1.93 bits per heavy atom. The van der Waals surface area contributed by atoms with Gasteiger partial charge in [0.15, 0.2) is 0 Å². The van der Waals surface area contributed by atoms with Crippen molar-refractivity contribution in [3.63, 3.8) is 0 Å². The maximum absolute atomic E-state index is 12.6. The molecule has 1 amide bonds. The minimum Gasteiger partial charge on any atom is -0.508 e. The number of aliphatic hydroxyl groups excluding tert-OH is 1. The number of phenolic OH excluding ortho intramolecular Hbond substituents is 1. The molecule has 0 aromatic heterocycles. The second kappa shape index (κ2) is 7.78. The lowest BCUT2D eigenvalue weighted by atomic mass is 9.76. The number of phenols is 1. The van der Waals surface area contributed by atoms with Crippen LogP contribution in [0.15, 0.2) is 24.3 Å². The fourth-order valence-corrected chi connectivity index (χ4v) is 4.76. The predicted octanol–water partition coefficient (Wildman–Crippen LogP) is 1.40. The van der Waals surface area contributed by atoms with Gasteiger partial charge >= 0.3 is 0 Å². The second-order valence-corrected chi connectivity index (χ2v) is 8.56. The summed E-state index contributed by atoms with van der Waals surface area (Å²) in [6.07, 6.45) is 4.43. The first kappa shape index (κ1) is 18.7. The quantitative estimate of drug-likeness (QED) is 0.833. The van der Waals surface area contributed by atoms with Crippen LogP contribution in [0, 0.1) is 5.41 Å². The molecule has 6 nitrogen and oxygen atoms in total. The van der Waals surface area contributed by atoms with Crippen LogP contribution in [-0.2, 0) is 16.0 Å². The lowest BCUT2D eigenvalue weighted by Crippen LogP contribution is -2.44. The fraction of sp³-hybridized carbons (Fsp3) is 0.667. The average molecular weight is 374 g/mol. The lowest BCUT2D eigenvalue weighted by Gasteiger charge is -2.38. The first-order valence-electron chi connectivity index (χ1n) is 10.1. The summed E-state index contributed by atoms with van der Waals surface area (Å²) in [7, 11) is 0. The van der Waals surface area contributed by atoms with E-state index in [9.17, 15) is 15.0 Å². The molecule has 2 N–H and O–H groups in total. The van der Waals surface area contributed by atoms with Gasteiger partial charge in [-0.2, -0.15) is 0 Å². The van der Waals surface area contributed by atoms with Crippen molar-refractivity contribution in [3.8, 4) is 5.75 Å². The van der Waals surface area contributed by atoms with E-state index in [0.717, 1.165) is 70.6 Å². The number of benzene rings is 1. The molecule has 3 heterocycles. The maximum Gasteiger partial charge on any atom is 0.226 e. The fourth-order valence-electron chi connectivity index (χ4n) is 4.76. The molecule has 3 fully saturated rings. The summed E-state index contributed by atoms with van der Waals surface area (Å²) in [5.41, 5.74) is 1.16. The molecule has 148 valence electrons. The number of nitrogens with zero attached hydrogens (tertiary/aromatic N) is 2. The number of ether oxygens (including phenoxy) is 1. The van der Waals surface area contributed by atoms with Crippen molar-refractivity contribution in [2.24, 2.45) is 5.41 Å². The number of carbonyl (C=O) groups excluding carboxylic acids is 1. The Morgan fingerprint density at radius 3 is 2.59 bits per heavy atom. The standard InChI is InChI=1S/C21H30N2O4/c24-17-3-1-16(2-4-17)11-20(26)23-9-6-21(7-10-23)12-19(27-15-21)14-22-8-5-18(25)13-22/h1-4,18-19,24-25H,5-15H2. The van der Waals surface area contributed by atoms with Gasteiger partial charge in [0.05, 0.1) is 25.2 Å². The molecule has 1 aromatic rings. The van der Waals surface area contributed by atoms with Crippen LogP contribution in [0.25, 0.3) is 0 Å². The van der Waals surface area contributed by atoms with Crippen LogP contribution in [0.2, 0.25) is 0 Å². The molecule has 4 rings (SSSR count). The molecule has 3 aliphatic rings. The summed E-state index contributed by atoms with van der Waals surface area (Å²) in [6, 6.07) is 6.87. The minimum atomic E-state index is -0.178. The van der Waals surface area contributed by atoms with Crippen molar-refractivity contribution in [2.75, 3.05) is 39.3 Å². The third-order valence-electron chi connectivity index (χ3n) is 6.46. The number of aliphatic hydroxyl groups is 1.